The zero-order valence-electron chi connectivity index (χ0n) is 15.0. The fourth-order valence-corrected chi connectivity index (χ4v) is 3.23. The third-order valence-corrected chi connectivity index (χ3v) is 4.96. The molecule has 138 valence electrons. The highest BCUT2D eigenvalue weighted by atomic mass is 35.5. The molecule has 0 spiro atoms. The van der Waals surface area contributed by atoms with Crippen LogP contribution in [0.4, 0.5) is 0 Å². The number of amides is 2. The summed E-state index contributed by atoms with van der Waals surface area (Å²) in [6, 6.07) is 7.59. The number of carbonyl (C=O) groups excluding carboxylic acids is 2. The molecule has 0 radical (unpaired) electrons. The number of rotatable bonds is 9. The molecule has 1 fully saturated rings. The average Bonchev–Trinajstić information content (AvgIpc) is 2.90. The quantitative estimate of drug-likeness (QED) is 0.684. The van der Waals surface area contributed by atoms with Crippen LogP contribution in [0.25, 0.3) is 0 Å². The largest absolute Gasteiger partial charge is 0.382 e. The molecular formula is C19H27ClN2O3. The molecule has 0 aromatic heterocycles. The van der Waals surface area contributed by atoms with Gasteiger partial charge in [-0.05, 0) is 50.8 Å². The summed E-state index contributed by atoms with van der Waals surface area (Å²) in [6.45, 7) is 6.21. The number of nitrogens with zero attached hydrogens (tertiary/aromatic N) is 1. The molecule has 0 bridgehead atoms. The van der Waals surface area contributed by atoms with Crippen molar-refractivity contribution in [2.75, 3.05) is 26.3 Å². The van der Waals surface area contributed by atoms with Gasteiger partial charge in [0.05, 0.1) is 0 Å². The van der Waals surface area contributed by atoms with Gasteiger partial charge in [0.25, 0.3) is 0 Å². The van der Waals surface area contributed by atoms with Crippen molar-refractivity contribution in [3.8, 4) is 0 Å². The monoisotopic (exact) mass is 366 g/mol. The van der Waals surface area contributed by atoms with Crippen molar-refractivity contribution in [1.29, 1.82) is 0 Å². The number of benzene rings is 1. The first kappa shape index (κ1) is 19.7. The van der Waals surface area contributed by atoms with E-state index in [-0.39, 0.29) is 11.8 Å². The van der Waals surface area contributed by atoms with Crippen molar-refractivity contribution in [3.05, 3.63) is 34.9 Å². The highest BCUT2D eigenvalue weighted by Crippen LogP contribution is 2.30. The molecule has 1 N–H and O–H groups in total. The van der Waals surface area contributed by atoms with Gasteiger partial charge in [-0.2, -0.15) is 0 Å². The highest BCUT2D eigenvalue weighted by Gasteiger charge is 2.46. The summed E-state index contributed by atoms with van der Waals surface area (Å²) in [4.78, 5) is 26.7. The minimum absolute atomic E-state index is 0.0425. The Hall–Kier alpha value is -1.59. The van der Waals surface area contributed by atoms with E-state index in [0.29, 0.717) is 50.6 Å². The van der Waals surface area contributed by atoms with Gasteiger partial charge in [0.2, 0.25) is 11.8 Å². The van der Waals surface area contributed by atoms with Gasteiger partial charge in [-0.15, -0.1) is 0 Å². The maximum atomic E-state index is 12.6. The number of halogens is 1. The molecule has 1 aromatic rings. The van der Waals surface area contributed by atoms with Crippen LogP contribution in [0.15, 0.2) is 24.3 Å². The molecule has 6 heteroatoms. The van der Waals surface area contributed by atoms with Crippen LogP contribution < -0.4 is 5.32 Å². The number of carbonyl (C=O) groups is 2. The SMILES string of the molecule is CCOCCCNC(=O)C1(C)CCC(=O)N1CCc1ccc(Cl)cc1. The van der Waals surface area contributed by atoms with Crippen LogP contribution in [0.1, 0.15) is 38.7 Å². The summed E-state index contributed by atoms with van der Waals surface area (Å²) in [5.41, 5.74) is 0.332. The molecule has 0 aliphatic carbocycles. The second kappa shape index (κ2) is 9.20. The van der Waals surface area contributed by atoms with E-state index in [2.05, 4.69) is 5.32 Å². The minimum Gasteiger partial charge on any atom is -0.382 e. The normalized spacial score (nSPS) is 20.1. The summed E-state index contributed by atoms with van der Waals surface area (Å²) in [5.74, 6) is -0.0353. The number of hydrogen-bond acceptors (Lipinski definition) is 3. The lowest BCUT2D eigenvalue weighted by molar-refractivity contribution is -0.140. The first-order chi connectivity index (χ1) is 12.0. The first-order valence-corrected chi connectivity index (χ1v) is 9.26. The van der Waals surface area contributed by atoms with E-state index in [1.165, 1.54) is 0 Å². The summed E-state index contributed by atoms with van der Waals surface area (Å²) < 4.78 is 5.27. The molecule has 2 rings (SSSR count). The molecule has 2 amide bonds. The van der Waals surface area contributed by atoms with E-state index >= 15 is 0 Å². The fourth-order valence-electron chi connectivity index (χ4n) is 3.11. The van der Waals surface area contributed by atoms with Crippen LogP contribution in [0, 0.1) is 0 Å². The Morgan fingerprint density at radius 2 is 2.08 bits per heavy atom. The predicted octanol–water partition coefficient (Wildman–Crippen LogP) is 2.81. The lowest BCUT2D eigenvalue weighted by atomic mass is 9.97. The lowest BCUT2D eigenvalue weighted by Gasteiger charge is -2.34. The molecular weight excluding hydrogens is 340 g/mol. The minimum atomic E-state index is -0.769. The number of likely N-dealkylation sites (tertiary alicyclic amines) is 1. The van der Waals surface area contributed by atoms with Crippen molar-refractivity contribution in [2.24, 2.45) is 0 Å². The maximum absolute atomic E-state index is 12.6. The summed E-state index contributed by atoms with van der Waals surface area (Å²) in [6.07, 6.45) is 2.46. The Balaban J connectivity index is 1.91. The van der Waals surface area contributed by atoms with Gasteiger partial charge >= 0.3 is 0 Å². The molecule has 1 aromatic carbocycles. The third-order valence-electron chi connectivity index (χ3n) is 4.70. The van der Waals surface area contributed by atoms with Crippen molar-refractivity contribution >= 4 is 23.4 Å². The molecule has 1 atom stereocenters. The molecule has 1 aliphatic rings. The van der Waals surface area contributed by atoms with E-state index in [0.717, 1.165) is 12.0 Å². The number of hydrogen-bond donors (Lipinski definition) is 1. The van der Waals surface area contributed by atoms with Gasteiger partial charge in [-0.1, -0.05) is 23.7 Å². The molecule has 1 saturated heterocycles. The first-order valence-electron chi connectivity index (χ1n) is 8.88. The zero-order chi connectivity index (χ0) is 18.3. The van der Waals surface area contributed by atoms with E-state index in [4.69, 9.17) is 16.3 Å². The lowest BCUT2D eigenvalue weighted by Crippen LogP contribution is -2.55. The number of ether oxygens (including phenoxy) is 1. The Morgan fingerprint density at radius 1 is 1.36 bits per heavy atom. The Kier molecular flexibility index (Phi) is 7.26. The van der Waals surface area contributed by atoms with Gasteiger partial charge in [0.15, 0.2) is 0 Å². The van der Waals surface area contributed by atoms with Gasteiger partial charge in [0.1, 0.15) is 5.54 Å². The van der Waals surface area contributed by atoms with Crippen molar-refractivity contribution < 1.29 is 14.3 Å². The second-order valence-corrected chi connectivity index (χ2v) is 6.94. The Labute approximate surface area is 154 Å². The van der Waals surface area contributed by atoms with Gasteiger partial charge in [-0.25, -0.2) is 0 Å². The van der Waals surface area contributed by atoms with E-state index in [1.54, 1.807) is 4.90 Å². The Bertz CT molecular complexity index is 591. The predicted molar refractivity (Wildman–Crippen MR) is 98.6 cm³/mol. The van der Waals surface area contributed by atoms with Gasteiger partial charge in [0, 0.05) is 37.7 Å². The molecule has 1 unspecified atom stereocenters. The average molecular weight is 367 g/mol. The van der Waals surface area contributed by atoms with Crippen LogP contribution in [0.2, 0.25) is 5.02 Å². The number of nitrogens with one attached hydrogen (secondary N) is 1. The van der Waals surface area contributed by atoms with E-state index in [1.807, 2.05) is 38.1 Å². The van der Waals surface area contributed by atoms with Crippen molar-refractivity contribution in [2.45, 2.75) is 45.1 Å². The van der Waals surface area contributed by atoms with Crippen LogP contribution >= 0.6 is 11.6 Å². The maximum Gasteiger partial charge on any atom is 0.245 e. The Morgan fingerprint density at radius 3 is 2.76 bits per heavy atom. The standard InChI is InChI=1S/C19H27ClN2O3/c1-3-25-14-4-12-21-18(24)19(2)11-9-17(23)22(19)13-10-15-5-7-16(20)8-6-15/h5-8H,3-4,9-14H2,1-2H3,(H,21,24). The van der Waals surface area contributed by atoms with Crippen molar-refractivity contribution in [3.63, 3.8) is 0 Å². The molecule has 5 nitrogen and oxygen atoms in total. The van der Waals surface area contributed by atoms with Crippen molar-refractivity contribution in [1.82, 2.24) is 10.2 Å². The zero-order valence-corrected chi connectivity index (χ0v) is 15.8. The smallest absolute Gasteiger partial charge is 0.245 e. The summed E-state index contributed by atoms with van der Waals surface area (Å²) >= 11 is 5.90. The van der Waals surface area contributed by atoms with Gasteiger partial charge in [-0.3, -0.25) is 9.59 Å². The van der Waals surface area contributed by atoms with E-state index < -0.39 is 5.54 Å². The summed E-state index contributed by atoms with van der Waals surface area (Å²) in [5, 5.41) is 3.64. The molecule has 0 saturated carbocycles. The molecule has 1 aliphatic heterocycles. The van der Waals surface area contributed by atoms with Gasteiger partial charge < -0.3 is 15.0 Å². The highest BCUT2D eigenvalue weighted by molar-refractivity contribution is 6.30. The molecule has 25 heavy (non-hydrogen) atoms. The topological polar surface area (TPSA) is 58.6 Å². The van der Waals surface area contributed by atoms with Crippen LogP contribution in [-0.2, 0) is 20.7 Å². The van der Waals surface area contributed by atoms with Crippen LogP contribution in [-0.4, -0.2) is 48.6 Å². The van der Waals surface area contributed by atoms with E-state index in [9.17, 15) is 9.59 Å². The fraction of sp³-hybridized carbons (Fsp3) is 0.579. The molecule has 1 heterocycles. The third kappa shape index (κ3) is 5.19. The van der Waals surface area contributed by atoms with Crippen LogP contribution in [0.3, 0.4) is 0 Å². The second-order valence-electron chi connectivity index (χ2n) is 6.50. The van der Waals surface area contributed by atoms with Crippen LogP contribution in [0.5, 0.6) is 0 Å². The summed E-state index contributed by atoms with van der Waals surface area (Å²) in [7, 11) is 0.